The SMILES string of the molecule is CC1(C)OB(c2ccc3nc4n(c(=O)c3c2)-c2ccc(F)cc2C4=O)OC1(C)C. The summed E-state index contributed by atoms with van der Waals surface area (Å²) < 4.78 is 27.0. The summed E-state index contributed by atoms with van der Waals surface area (Å²) in [7, 11) is -0.620. The second-order valence-corrected chi connectivity index (χ2v) is 8.43. The second-order valence-electron chi connectivity index (χ2n) is 8.43. The van der Waals surface area contributed by atoms with Crippen LogP contribution >= 0.6 is 0 Å². The molecule has 0 spiro atoms. The Labute approximate surface area is 166 Å². The van der Waals surface area contributed by atoms with Gasteiger partial charge in [0, 0.05) is 0 Å². The lowest BCUT2D eigenvalue weighted by Crippen LogP contribution is -2.41. The quantitative estimate of drug-likeness (QED) is 0.466. The molecule has 2 aromatic carbocycles. The summed E-state index contributed by atoms with van der Waals surface area (Å²) in [4.78, 5) is 30.2. The van der Waals surface area contributed by atoms with Gasteiger partial charge in [0.15, 0.2) is 5.82 Å². The number of ketones is 1. The van der Waals surface area contributed by atoms with Gasteiger partial charge < -0.3 is 9.31 Å². The third kappa shape index (κ3) is 2.46. The van der Waals surface area contributed by atoms with Crippen molar-refractivity contribution >= 4 is 29.3 Å². The van der Waals surface area contributed by atoms with Crippen LogP contribution < -0.4 is 11.0 Å². The highest BCUT2D eigenvalue weighted by molar-refractivity contribution is 6.62. The first-order valence-electron chi connectivity index (χ1n) is 9.36. The summed E-state index contributed by atoms with van der Waals surface area (Å²) in [6.45, 7) is 7.83. The zero-order valence-electron chi connectivity index (χ0n) is 16.4. The summed E-state index contributed by atoms with van der Waals surface area (Å²) in [5, 5.41) is 0.339. The largest absolute Gasteiger partial charge is 0.494 e. The van der Waals surface area contributed by atoms with Gasteiger partial charge in [-0.1, -0.05) is 6.07 Å². The average Bonchev–Trinajstić information content (AvgIpc) is 3.05. The van der Waals surface area contributed by atoms with E-state index in [0.29, 0.717) is 22.1 Å². The molecular weight excluding hydrogens is 374 g/mol. The van der Waals surface area contributed by atoms with Crippen LogP contribution in [0.5, 0.6) is 0 Å². The molecule has 0 atom stereocenters. The van der Waals surface area contributed by atoms with E-state index in [1.165, 1.54) is 16.7 Å². The Kier molecular flexibility index (Phi) is 3.52. The molecule has 1 aromatic heterocycles. The number of hydrogen-bond donors (Lipinski definition) is 0. The average molecular weight is 392 g/mol. The Hall–Kier alpha value is -2.84. The second kappa shape index (κ2) is 5.61. The molecule has 2 aliphatic heterocycles. The van der Waals surface area contributed by atoms with E-state index in [2.05, 4.69) is 4.98 Å². The van der Waals surface area contributed by atoms with Gasteiger partial charge in [-0.25, -0.2) is 9.37 Å². The van der Waals surface area contributed by atoms with Crippen LogP contribution in [-0.4, -0.2) is 33.7 Å². The molecule has 0 amide bonds. The van der Waals surface area contributed by atoms with Gasteiger partial charge in [0.2, 0.25) is 5.78 Å². The number of halogens is 1. The zero-order valence-corrected chi connectivity index (χ0v) is 16.4. The van der Waals surface area contributed by atoms with E-state index in [1.807, 2.05) is 27.7 Å². The molecule has 0 radical (unpaired) electrons. The molecule has 8 heteroatoms. The van der Waals surface area contributed by atoms with Crippen molar-refractivity contribution in [3.05, 3.63) is 64.0 Å². The maximum Gasteiger partial charge on any atom is 0.494 e. The fourth-order valence-electron chi connectivity index (χ4n) is 3.71. The predicted octanol–water partition coefficient (Wildman–Crippen LogP) is 2.37. The Morgan fingerprint density at radius 2 is 1.69 bits per heavy atom. The Morgan fingerprint density at radius 1 is 1.00 bits per heavy atom. The van der Waals surface area contributed by atoms with Crippen molar-refractivity contribution in [3.63, 3.8) is 0 Å². The minimum atomic E-state index is -0.620. The van der Waals surface area contributed by atoms with Crippen LogP contribution in [-0.2, 0) is 9.31 Å². The number of benzene rings is 2. The molecule has 1 saturated heterocycles. The lowest BCUT2D eigenvalue weighted by molar-refractivity contribution is 0.00578. The van der Waals surface area contributed by atoms with E-state index in [-0.39, 0.29) is 16.9 Å². The number of aromatic nitrogens is 2. The van der Waals surface area contributed by atoms with Gasteiger partial charge >= 0.3 is 7.12 Å². The monoisotopic (exact) mass is 392 g/mol. The summed E-state index contributed by atoms with van der Waals surface area (Å²) in [5.74, 6) is -1.01. The van der Waals surface area contributed by atoms with Gasteiger partial charge in [-0.05, 0) is 63.5 Å². The van der Waals surface area contributed by atoms with Crippen LogP contribution in [0.1, 0.15) is 43.9 Å². The molecule has 0 N–H and O–H groups in total. The third-order valence-electron chi connectivity index (χ3n) is 6.06. The number of hydrogen-bond acceptors (Lipinski definition) is 5. The number of rotatable bonds is 1. The van der Waals surface area contributed by atoms with Crippen molar-refractivity contribution in [2.45, 2.75) is 38.9 Å². The molecule has 3 heterocycles. The van der Waals surface area contributed by atoms with Gasteiger partial charge in [0.05, 0.1) is 33.4 Å². The van der Waals surface area contributed by atoms with Crippen molar-refractivity contribution in [1.29, 1.82) is 0 Å². The molecule has 146 valence electrons. The van der Waals surface area contributed by atoms with E-state index >= 15 is 0 Å². The summed E-state index contributed by atoms with van der Waals surface area (Å²) >= 11 is 0. The van der Waals surface area contributed by atoms with E-state index in [1.54, 1.807) is 18.2 Å². The molecule has 0 unspecified atom stereocenters. The number of nitrogens with zero attached hydrogens (tertiary/aromatic N) is 2. The molecule has 6 nitrogen and oxygen atoms in total. The molecule has 5 rings (SSSR count). The predicted molar refractivity (Wildman–Crippen MR) is 106 cm³/mol. The fraction of sp³-hybridized carbons (Fsp3) is 0.286. The highest BCUT2D eigenvalue weighted by atomic mass is 19.1. The first kappa shape index (κ1) is 18.2. The minimum absolute atomic E-state index is 0.00789. The van der Waals surface area contributed by atoms with Crippen molar-refractivity contribution in [2.24, 2.45) is 0 Å². The van der Waals surface area contributed by atoms with Gasteiger partial charge in [-0.15, -0.1) is 0 Å². The molecule has 0 bridgehead atoms. The smallest absolute Gasteiger partial charge is 0.399 e. The van der Waals surface area contributed by atoms with E-state index in [4.69, 9.17) is 9.31 Å². The van der Waals surface area contributed by atoms with E-state index in [0.717, 1.165) is 6.07 Å². The zero-order chi connectivity index (χ0) is 20.7. The van der Waals surface area contributed by atoms with Crippen LogP contribution in [0.4, 0.5) is 4.39 Å². The van der Waals surface area contributed by atoms with Crippen LogP contribution in [0.3, 0.4) is 0 Å². The molecular formula is C21H18BFN2O4. The van der Waals surface area contributed by atoms with Crippen molar-refractivity contribution in [1.82, 2.24) is 9.55 Å². The molecule has 3 aromatic rings. The lowest BCUT2D eigenvalue weighted by atomic mass is 9.78. The minimum Gasteiger partial charge on any atom is -0.399 e. The Morgan fingerprint density at radius 3 is 2.38 bits per heavy atom. The number of carbonyl (C=O) groups is 1. The van der Waals surface area contributed by atoms with Crippen LogP contribution in [0.2, 0.25) is 0 Å². The molecule has 1 fully saturated rings. The van der Waals surface area contributed by atoms with Gasteiger partial charge in [-0.2, -0.15) is 0 Å². The van der Waals surface area contributed by atoms with E-state index in [9.17, 15) is 14.0 Å². The molecule has 2 aliphatic rings. The standard InChI is InChI=1S/C21H18BFN2O4/c1-20(2)21(3,4)29-22(28-20)11-5-7-15-13(9-11)19(27)25-16-8-6-12(23)10-14(16)17(26)18(25)24-15/h5-10H,1-4H3. The lowest BCUT2D eigenvalue weighted by Gasteiger charge is -2.32. The van der Waals surface area contributed by atoms with Gasteiger partial charge in [-0.3, -0.25) is 14.2 Å². The topological polar surface area (TPSA) is 70.4 Å². The maximum absolute atomic E-state index is 13.6. The first-order valence-corrected chi connectivity index (χ1v) is 9.36. The van der Waals surface area contributed by atoms with Crippen molar-refractivity contribution < 1.29 is 18.5 Å². The molecule has 29 heavy (non-hydrogen) atoms. The van der Waals surface area contributed by atoms with Crippen molar-refractivity contribution in [2.75, 3.05) is 0 Å². The van der Waals surface area contributed by atoms with Crippen molar-refractivity contribution in [3.8, 4) is 5.69 Å². The molecule has 0 saturated carbocycles. The normalized spacial score (nSPS) is 18.9. The highest BCUT2D eigenvalue weighted by Gasteiger charge is 2.51. The highest BCUT2D eigenvalue weighted by Crippen LogP contribution is 2.36. The summed E-state index contributed by atoms with van der Waals surface area (Å²) in [6.07, 6.45) is 0. The Balaban J connectivity index is 1.68. The van der Waals surface area contributed by atoms with Gasteiger partial charge in [0.1, 0.15) is 5.82 Å². The number of fused-ring (bicyclic) bond motifs is 4. The summed E-state index contributed by atoms with van der Waals surface area (Å²) in [6, 6.07) is 8.91. The van der Waals surface area contributed by atoms with E-state index < -0.39 is 29.9 Å². The summed E-state index contributed by atoms with van der Waals surface area (Å²) in [5.41, 5.74) is 0.160. The van der Waals surface area contributed by atoms with Crippen LogP contribution in [0.25, 0.3) is 16.6 Å². The number of carbonyl (C=O) groups excluding carboxylic acids is 1. The van der Waals surface area contributed by atoms with Crippen LogP contribution in [0, 0.1) is 5.82 Å². The Bertz CT molecular complexity index is 1270. The van der Waals surface area contributed by atoms with Gasteiger partial charge in [0.25, 0.3) is 5.56 Å². The molecule has 0 aliphatic carbocycles. The maximum atomic E-state index is 13.6. The first-order chi connectivity index (χ1) is 13.6. The van der Waals surface area contributed by atoms with Crippen LogP contribution in [0.15, 0.2) is 41.2 Å². The fourth-order valence-corrected chi connectivity index (χ4v) is 3.71. The third-order valence-corrected chi connectivity index (χ3v) is 6.06.